The molecule has 5 heteroatoms. The Morgan fingerprint density at radius 3 is 2.40 bits per heavy atom. The summed E-state index contributed by atoms with van der Waals surface area (Å²) in [6.45, 7) is 1.51. The number of hydrogen-bond acceptors (Lipinski definition) is 3. The van der Waals surface area contributed by atoms with Gasteiger partial charge in [-0.1, -0.05) is 13.8 Å². The van der Waals surface area contributed by atoms with Gasteiger partial charge in [0.25, 0.3) is 0 Å². The molecule has 0 aliphatic heterocycles. The van der Waals surface area contributed by atoms with Crippen molar-refractivity contribution in [1.82, 2.24) is 0 Å². The van der Waals surface area contributed by atoms with E-state index in [1.165, 1.54) is 7.11 Å². The molecule has 0 rings (SSSR count). The van der Waals surface area contributed by atoms with E-state index in [1.54, 1.807) is 0 Å². The summed E-state index contributed by atoms with van der Waals surface area (Å²) in [5, 5.41) is 0. The Hall–Kier alpha value is 0.530. The van der Waals surface area contributed by atoms with Gasteiger partial charge in [0.2, 0.25) is 0 Å². The summed E-state index contributed by atoms with van der Waals surface area (Å²) in [6.07, 6.45) is 0. The first-order chi connectivity index (χ1) is 4.48. The third-order valence-electron chi connectivity index (χ3n) is 0.802. The predicted molar refractivity (Wildman–Crippen MR) is 44.3 cm³/mol. The number of rotatable bonds is 4. The summed E-state index contributed by atoms with van der Waals surface area (Å²) in [4.78, 5) is 9.05. The monoisotopic (exact) mass is 184 g/mol. The largest absolute Gasteiger partial charge is 0.324 e. The fourth-order valence-electron chi connectivity index (χ4n) is 0.296. The second-order valence-corrected chi connectivity index (χ2v) is 5.29. The summed E-state index contributed by atoms with van der Waals surface area (Å²) in [7, 11) is 1.35. The highest BCUT2D eigenvalue weighted by atomic mass is 32.5. The summed E-state index contributed by atoms with van der Waals surface area (Å²) in [5.74, 6) is 0.365. The quantitative estimate of drug-likeness (QED) is 0.672. The molecule has 0 aromatic carbocycles. The molecule has 3 nitrogen and oxygen atoms in total. The Morgan fingerprint density at radius 1 is 1.60 bits per heavy atom. The molecule has 1 unspecified atom stereocenters. The van der Waals surface area contributed by atoms with Gasteiger partial charge in [0.05, 0.1) is 6.61 Å². The fraction of sp³-hybridized carbons (Fsp3) is 1.00. The smallest absolute Gasteiger partial charge is 0.324 e. The average molecular weight is 184 g/mol. The van der Waals surface area contributed by atoms with E-state index in [1.807, 2.05) is 13.8 Å². The van der Waals surface area contributed by atoms with E-state index in [2.05, 4.69) is 16.3 Å². The van der Waals surface area contributed by atoms with Crippen LogP contribution in [0.1, 0.15) is 13.8 Å². The normalized spacial score (nSPS) is 17.3. The second-order valence-electron chi connectivity index (χ2n) is 2.34. The van der Waals surface area contributed by atoms with E-state index < -0.39 is 6.72 Å². The van der Waals surface area contributed by atoms with Gasteiger partial charge in [-0.25, -0.2) is 0 Å². The molecule has 1 atom stereocenters. The third-order valence-corrected chi connectivity index (χ3v) is 2.50. The van der Waals surface area contributed by atoms with Gasteiger partial charge in [-0.3, -0.25) is 0 Å². The fourth-order valence-corrected chi connectivity index (χ4v) is 1.07. The van der Waals surface area contributed by atoms with Crippen LogP contribution in [0.2, 0.25) is 0 Å². The van der Waals surface area contributed by atoms with Crippen molar-refractivity contribution in [3.05, 3.63) is 0 Å². The van der Waals surface area contributed by atoms with Crippen molar-refractivity contribution in [2.45, 2.75) is 13.8 Å². The minimum absolute atomic E-state index is 0.365. The van der Waals surface area contributed by atoms with Crippen LogP contribution in [0.5, 0.6) is 0 Å². The van der Waals surface area contributed by atoms with Crippen LogP contribution in [-0.2, 0) is 20.9 Å². The van der Waals surface area contributed by atoms with Crippen molar-refractivity contribution < 1.29 is 13.9 Å². The Labute approximate surface area is 66.6 Å². The summed E-state index contributed by atoms with van der Waals surface area (Å²) >= 11 is 4.59. The molecular weight excluding hydrogens is 171 g/mol. The van der Waals surface area contributed by atoms with Crippen molar-refractivity contribution in [3.63, 3.8) is 0 Å². The van der Waals surface area contributed by atoms with Crippen LogP contribution in [-0.4, -0.2) is 18.6 Å². The predicted octanol–water partition coefficient (Wildman–Crippen LogP) is 1.52. The zero-order valence-corrected chi connectivity index (χ0v) is 8.11. The first-order valence-electron chi connectivity index (χ1n) is 3.01. The van der Waals surface area contributed by atoms with E-state index in [0.717, 1.165) is 0 Å². The van der Waals surface area contributed by atoms with Gasteiger partial charge in [0.15, 0.2) is 0 Å². The molecular formula is C5H13O3PS. The molecule has 0 fully saturated rings. The van der Waals surface area contributed by atoms with E-state index >= 15 is 0 Å². The molecule has 0 amide bonds. The minimum atomic E-state index is -2.89. The van der Waals surface area contributed by atoms with Crippen LogP contribution in [0.15, 0.2) is 0 Å². The highest BCUT2D eigenvalue weighted by Crippen LogP contribution is 2.42. The van der Waals surface area contributed by atoms with Crippen LogP contribution >= 0.6 is 6.72 Å². The summed E-state index contributed by atoms with van der Waals surface area (Å²) < 4.78 is 9.45. The number of hydrogen-bond donors (Lipinski definition) is 1. The first-order valence-corrected chi connectivity index (χ1v) is 5.60. The Morgan fingerprint density at radius 2 is 2.10 bits per heavy atom. The lowest BCUT2D eigenvalue weighted by Crippen LogP contribution is -2.00. The van der Waals surface area contributed by atoms with Gasteiger partial charge < -0.3 is 13.9 Å². The molecule has 0 saturated carbocycles. The second kappa shape index (κ2) is 4.42. The Kier molecular flexibility index (Phi) is 4.65. The minimum Gasteiger partial charge on any atom is -0.324 e. The zero-order valence-electron chi connectivity index (χ0n) is 6.40. The third kappa shape index (κ3) is 5.33. The highest BCUT2D eigenvalue weighted by molar-refractivity contribution is 8.07. The molecule has 0 spiro atoms. The van der Waals surface area contributed by atoms with E-state index in [-0.39, 0.29) is 0 Å². The molecule has 0 saturated heterocycles. The van der Waals surface area contributed by atoms with Crippen molar-refractivity contribution in [2.75, 3.05) is 13.7 Å². The van der Waals surface area contributed by atoms with Gasteiger partial charge in [0, 0.05) is 7.11 Å². The van der Waals surface area contributed by atoms with Crippen LogP contribution in [0.4, 0.5) is 0 Å². The van der Waals surface area contributed by atoms with Gasteiger partial charge in [-0.2, -0.15) is 0 Å². The first kappa shape index (κ1) is 10.5. The molecule has 0 aliphatic carbocycles. The highest BCUT2D eigenvalue weighted by Gasteiger charge is 2.11. The van der Waals surface area contributed by atoms with Crippen molar-refractivity contribution in [1.29, 1.82) is 0 Å². The molecule has 0 heterocycles. The molecule has 0 radical (unpaired) electrons. The van der Waals surface area contributed by atoms with E-state index in [0.29, 0.717) is 12.5 Å². The molecule has 0 aromatic rings. The van der Waals surface area contributed by atoms with Gasteiger partial charge >= 0.3 is 6.72 Å². The van der Waals surface area contributed by atoms with Crippen LogP contribution < -0.4 is 0 Å². The van der Waals surface area contributed by atoms with Gasteiger partial charge in [0.1, 0.15) is 0 Å². The lowest BCUT2D eigenvalue weighted by molar-refractivity contribution is 0.203. The molecule has 0 aromatic heterocycles. The van der Waals surface area contributed by atoms with E-state index in [4.69, 9.17) is 9.42 Å². The molecule has 0 bridgehead atoms. The molecule has 10 heavy (non-hydrogen) atoms. The van der Waals surface area contributed by atoms with Crippen molar-refractivity contribution in [2.24, 2.45) is 5.92 Å². The molecule has 1 N–H and O–H groups in total. The van der Waals surface area contributed by atoms with Crippen molar-refractivity contribution in [3.8, 4) is 0 Å². The Bertz CT molecular complexity index is 137. The van der Waals surface area contributed by atoms with Gasteiger partial charge in [-0.05, 0) is 17.7 Å². The van der Waals surface area contributed by atoms with Crippen LogP contribution in [0.3, 0.4) is 0 Å². The topological polar surface area (TPSA) is 38.7 Å². The molecule has 0 aliphatic rings. The lowest BCUT2D eigenvalue weighted by Gasteiger charge is -2.13. The van der Waals surface area contributed by atoms with E-state index in [9.17, 15) is 0 Å². The molecule has 62 valence electrons. The van der Waals surface area contributed by atoms with Crippen LogP contribution in [0.25, 0.3) is 0 Å². The maximum Gasteiger partial charge on any atom is 0.324 e. The maximum absolute atomic E-state index is 9.05. The standard InChI is InChI=1S/C5H13O3PS/c1-5(2)4-8-9(6,10)7-3/h5H,4H2,1-3H3,(H,6,10). The average Bonchev–Trinajstić information content (AvgIpc) is 1.85. The maximum atomic E-state index is 9.05. The lowest BCUT2D eigenvalue weighted by atomic mass is 10.2. The Balaban J connectivity index is 3.58. The summed E-state index contributed by atoms with van der Waals surface area (Å²) in [6, 6.07) is 0. The zero-order chi connectivity index (χ0) is 8.20. The van der Waals surface area contributed by atoms with Crippen LogP contribution in [0, 0.1) is 5.92 Å². The van der Waals surface area contributed by atoms with Crippen molar-refractivity contribution >= 4 is 18.5 Å². The van der Waals surface area contributed by atoms with Gasteiger partial charge in [-0.15, -0.1) is 0 Å². The summed E-state index contributed by atoms with van der Waals surface area (Å²) in [5.41, 5.74) is 0. The SMILES string of the molecule is COP(O)(=S)OCC(C)C.